The first kappa shape index (κ1) is 99.0. The summed E-state index contributed by atoms with van der Waals surface area (Å²) in [7, 11) is -13.3. The van der Waals surface area contributed by atoms with Crippen LogP contribution in [0.3, 0.4) is 0 Å². The van der Waals surface area contributed by atoms with Crippen molar-refractivity contribution in [1.82, 2.24) is 0 Å². The SMILES string of the molecule is Cc1[c-]c(C)c(Nc2ccc3c(-c4ccccc4S(=O)(=O)[O-])c4ccc(=[NH+]c5c(C)c(NC(=O)Nc6ccc(O)c(C(=O)[O-])c6)c(C)c(S(=O)(=O)[O-])c5C)cc-4oc3c2)c(C)c1NC(=O)Nc1c[c-]c(O)cc1.Nc1c[c-]c(O)cc1.O=C=O.O=C=O.O=CO[O-].O=S(=O)=O.[Na+].[Na+].[Na+].[Na+].[Na+].[Na+]. The molecule has 2 aliphatic rings. The van der Waals surface area contributed by atoms with Gasteiger partial charge < -0.3 is 81.2 Å². The Hall–Kier alpha value is -6.13. The van der Waals surface area contributed by atoms with Crippen molar-refractivity contribution >= 4 is 124 Å². The number of aromatic hydroxyl groups is 3. The second kappa shape index (κ2) is 46.6. The minimum Gasteiger partial charge on any atom is -0.744 e. The largest absolute Gasteiger partial charge is 1.00 e. The monoisotopic (exact) mass is 1500 g/mol. The molecule has 40 heteroatoms. The Labute approximate surface area is 710 Å². The minimum absolute atomic E-state index is 0. The number of phenols is 3. The number of carbonyl (C=O) groups is 4. The molecule has 31 nitrogen and oxygen atoms in total. The van der Waals surface area contributed by atoms with Crippen molar-refractivity contribution < 1.29 is 294 Å². The summed E-state index contributed by atoms with van der Waals surface area (Å²) in [6.07, 6.45) is 0.500. The van der Waals surface area contributed by atoms with Crippen molar-refractivity contribution in [2.75, 3.05) is 32.3 Å². The van der Waals surface area contributed by atoms with Crippen LogP contribution in [0.25, 0.3) is 33.4 Å². The summed E-state index contributed by atoms with van der Waals surface area (Å²) in [6.45, 7) is 9.54. The second-order valence-electron chi connectivity index (χ2n) is 19.0. The molecule has 0 spiro atoms. The Kier molecular flexibility index (Phi) is 45.7. The average molecular weight is 1500 g/mol. The standard InChI is InChI=1S/C52H44N6O13S2.C6H6NO.CH2O3.2CO2.6Na.O3S/c1-25-21-26(2)46(57-51(63)55-31-11-16-35(59)17-12-31)27(3)45(25)53-33-13-18-36-41(23-33)71-42-24-34(14-19-37(42)44(36)38-9-7-8-10-43(38)72(65,66)67)54-47-28(4)48(30(6)49(29(47)5)73(68,69)70)58-52(64)56-32-15-20-40(60)39(22-32)50(61)62;7-5-1-3-6(8)4-2-5;2-1-4-3;2*2-1-3;;;;;;;1-4(2)3/h7-16,18-20,22-24,53,59-60H,1-6H3,(H,61,62)(H2,55,57,63)(H2,56,58,64)(H,65,66,67)(H,68,69,70);1-3,8H,7H2;1,3H;;;;;;;;;/q-2;-1;;;;6*+1;/p-3. The number of carboxylic acid groups (broad SMARTS) is 1. The molecule has 496 valence electrons. The van der Waals surface area contributed by atoms with Crippen LogP contribution in [0.15, 0.2) is 129 Å². The number of amides is 4. The van der Waals surface area contributed by atoms with Crippen molar-refractivity contribution in [3.63, 3.8) is 0 Å². The summed E-state index contributed by atoms with van der Waals surface area (Å²) in [5, 5.41) is 62.7. The van der Waals surface area contributed by atoms with E-state index in [1.807, 2.05) is 6.92 Å². The van der Waals surface area contributed by atoms with Gasteiger partial charge in [0.2, 0.25) is 11.0 Å². The Morgan fingerprint density at radius 2 is 1.14 bits per heavy atom. The number of anilines is 7. The zero-order valence-electron chi connectivity index (χ0n) is 55.8. The Bertz CT molecular complexity index is 4840. The molecular formula is C61H49N7Na6O24S3. The van der Waals surface area contributed by atoms with Crippen LogP contribution in [0.1, 0.15) is 43.7 Å². The van der Waals surface area contributed by atoms with Gasteiger partial charge >= 0.3 is 212 Å². The van der Waals surface area contributed by atoms with E-state index in [2.05, 4.69) is 54.7 Å². The van der Waals surface area contributed by atoms with Crippen molar-refractivity contribution in [2.45, 2.75) is 51.3 Å². The quantitative estimate of drug-likeness (QED) is 0.00625. The van der Waals surface area contributed by atoms with Gasteiger partial charge in [0.15, 0.2) is 0 Å². The normalized spacial score (nSPS) is 9.93. The third kappa shape index (κ3) is 29.1. The molecule has 0 saturated heterocycles. The Morgan fingerprint density at radius 3 is 1.64 bits per heavy atom. The fourth-order valence-electron chi connectivity index (χ4n) is 9.18. The van der Waals surface area contributed by atoms with Gasteiger partial charge in [-0.2, -0.15) is 37.4 Å². The van der Waals surface area contributed by atoms with E-state index in [9.17, 15) is 55.6 Å². The molecule has 0 atom stereocenters. The summed E-state index contributed by atoms with van der Waals surface area (Å²) in [6, 6.07) is 34.6. The molecule has 0 saturated carbocycles. The number of urea groups is 2. The summed E-state index contributed by atoms with van der Waals surface area (Å²) in [5.74, 6) is -2.11. The number of hydrogen-bond acceptors (Lipinski definition) is 26. The van der Waals surface area contributed by atoms with Crippen LogP contribution in [0, 0.1) is 59.7 Å². The number of carbonyl (C=O) groups excluding carboxylic acids is 8. The Balaban J connectivity index is -0.00000298. The van der Waals surface area contributed by atoms with E-state index in [0.29, 0.717) is 61.6 Å². The van der Waals surface area contributed by atoms with Crippen LogP contribution in [0.2, 0.25) is 0 Å². The van der Waals surface area contributed by atoms with Crippen molar-refractivity contribution in [3.05, 3.63) is 178 Å². The predicted molar refractivity (Wildman–Crippen MR) is 324 cm³/mol. The van der Waals surface area contributed by atoms with Gasteiger partial charge in [-0.25, -0.2) is 26.6 Å². The van der Waals surface area contributed by atoms with Gasteiger partial charge in [-0.15, -0.1) is 65.7 Å². The van der Waals surface area contributed by atoms with E-state index in [1.54, 1.807) is 69.3 Å². The van der Waals surface area contributed by atoms with E-state index >= 15 is 0 Å². The van der Waals surface area contributed by atoms with E-state index in [-0.39, 0.29) is 264 Å². The van der Waals surface area contributed by atoms with E-state index in [0.717, 1.165) is 12.1 Å². The van der Waals surface area contributed by atoms with Crippen molar-refractivity contribution in [3.8, 4) is 39.7 Å². The molecule has 0 bridgehead atoms. The molecule has 1 heterocycles. The number of phenolic OH excluding ortho intramolecular Hbond substituents is 2. The van der Waals surface area contributed by atoms with Gasteiger partial charge in [-0.3, -0.25) is 9.59 Å². The molecule has 0 aromatic heterocycles. The van der Waals surface area contributed by atoms with Crippen LogP contribution < -0.4 is 230 Å². The number of carboxylic acids is 1. The first-order chi connectivity index (χ1) is 44.6. The van der Waals surface area contributed by atoms with E-state index in [1.165, 1.54) is 68.4 Å². The van der Waals surface area contributed by atoms with Crippen LogP contribution >= 0.6 is 0 Å². The summed E-state index contributed by atoms with van der Waals surface area (Å²) < 4.78 is 109. The van der Waals surface area contributed by atoms with Crippen LogP contribution in [0.4, 0.5) is 55.1 Å². The fraction of sp³-hybridized carbons (Fsp3) is 0.0984. The molecule has 11 N–H and O–H groups in total. The molecule has 4 amide bonds. The van der Waals surface area contributed by atoms with Crippen LogP contribution in [-0.2, 0) is 59.7 Å². The number of hydrogen-bond donors (Lipinski definition) is 10. The number of fused-ring (bicyclic) bond motifs is 2. The third-order valence-corrected chi connectivity index (χ3v) is 14.9. The molecule has 7 aromatic rings. The third-order valence-electron chi connectivity index (χ3n) is 12.9. The molecule has 1 aliphatic heterocycles. The summed E-state index contributed by atoms with van der Waals surface area (Å²) in [5.41, 5.74) is 10.4. The number of nitrogens with one attached hydrogen (secondary N) is 6. The Morgan fingerprint density at radius 1 is 0.624 bits per heavy atom. The van der Waals surface area contributed by atoms with Gasteiger partial charge in [0.05, 0.1) is 27.5 Å². The molecule has 9 rings (SSSR count). The number of benzene rings is 8. The topological polar surface area (TPSA) is 531 Å². The second-order valence-corrected chi connectivity index (χ2v) is 22.0. The van der Waals surface area contributed by atoms with E-state index in [4.69, 9.17) is 57.1 Å². The zero-order valence-corrected chi connectivity index (χ0v) is 70.2. The first-order valence-corrected chi connectivity index (χ1v) is 29.9. The number of nitrogens with two attached hydrogens (primary N) is 1. The molecule has 0 fully saturated rings. The number of rotatable bonds is 12. The van der Waals surface area contributed by atoms with Crippen molar-refractivity contribution in [1.29, 1.82) is 0 Å². The molecule has 7 aromatic carbocycles. The van der Waals surface area contributed by atoms with Gasteiger partial charge in [-0.1, -0.05) is 61.7 Å². The predicted octanol–water partition coefficient (Wildman–Crippen LogP) is -14.4. The number of nitrogen functional groups attached to an aromatic ring is 1. The summed E-state index contributed by atoms with van der Waals surface area (Å²) >= 11 is 0. The minimum atomic E-state index is -5.19. The zero-order chi connectivity index (χ0) is 71.2. The van der Waals surface area contributed by atoms with Crippen molar-refractivity contribution in [2.24, 2.45) is 0 Å². The maximum absolute atomic E-state index is 13.4. The maximum atomic E-state index is 13.4. The fourth-order valence-corrected chi connectivity index (χ4v) is 10.8. The van der Waals surface area contributed by atoms with Crippen LogP contribution in [-0.4, -0.2) is 90.7 Å². The molecule has 0 radical (unpaired) electrons. The smallest absolute Gasteiger partial charge is 0.744 e. The molecular weight excluding hydrogens is 1450 g/mol. The summed E-state index contributed by atoms with van der Waals surface area (Å²) in [4.78, 5) is 83.7. The molecule has 1 aliphatic carbocycles. The molecule has 101 heavy (non-hydrogen) atoms. The number of aryl methyl sites for hydroxylation is 2. The van der Waals surface area contributed by atoms with Crippen LogP contribution in [0.5, 0.6) is 17.2 Å². The molecule has 0 unspecified atom stereocenters. The number of aromatic carboxylic acids is 1. The average Bonchev–Trinajstić information content (AvgIpc) is 0.748. The maximum Gasteiger partial charge on any atom is 1.00 e. The van der Waals surface area contributed by atoms with Gasteiger partial charge in [0.1, 0.15) is 37.3 Å². The first-order valence-electron chi connectivity index (χ1n) is 26.1. The van der Waals surface area contributed by atoms with Gasteiger partial charge in [0.25, 0.3) is 6.47 Å². The van der Waals surface area contributed by atoms with Gasteiger partial charge in [-0.05, 0) is 68.8 Å². The van der Waals surface area contributed by atoms with Gasteiger partial charge in [0, 0.05) is 73.8 Å². The van der Waals surface area contributed by atoms with E-state index < -0.39 is 70.0 Å².